The van der Waals surface area contributed by atoms with Gasteiger partial charge in [-0.1, -0.05) is 94.1 Å². The summed E-state index contributed by atoms with van der Waals surface area (Å²) in [5, 5.41) is 18.0. The minimum Gasteiger partial charge on any atom is -0.390 e. The van der Waals surface area contributed by atoms with Crippen molar-refractivity contribution < 1.29 is 9.59 Å². The van der Waals surface area contributed by atoms with Crippen molar-refractivity contribution in [3.63, 3.8) is 0 Å². The van der Waals surface area contributed by atoms with Crippen molar-refractivity contribution in [3.05, 3.63) is 120 Å². The Labute approximate surface area is 260 Å². The number of nitrogens with one attached hydrogen (secondary N) is 4. The second-order valence-corrected chi connectivity index (χ2v) is 9.81. The average molecular weight is 588 g/mol. The van der Waals surface area contributed by atoms with Crippen LogP contribution in [0.1, 0.15) is 57.2 Å². The van der Waals surface area contributed by atoms with E-state index in [9.17, 15) is 9.59 Å². The number of carbonyl (C=O) groups excluding carboxylic acids is 2. The summed E-state index contributed by atoms with van der Waals surface area (Å²) in [5.74, 6) is 0.724. The van der Waals surface area contributed by atoms with E-state index in [1.807, 2.05) is 25.2 Å². The molecule has 0 aromatic heterocycles. The summed E-state index contributed by atoms with van der Waals surface area (Å²) < 4.78 is 0. The van der Waals surface area contributed by atoms with Gasteiger partial charge in [0.2, 0.25) is 0 Å². The molecule has 0 atom stereocenters. The van der Waals surface area contributed by atoms with Crippen LogP contribution in [0.15, 0.2) is 104 Å². The number of allylic oxidation sites excluding steroid dienone is 3. The van der Waals surface area contributed by atoms with Gasteiger partial charge in [0.1, 0.15) is 11.6 Å². The van der Waals surface area contributed by atoms with E-state index in [1.54, 1.807) is 18.5 Å². The minimum absolute atomic E-state index is 0.167. The second kappa shape index (κ2) is 25.5. The van der Waals surface area contributed by atoms with Gasteiger partial charge in [0.25, 0.3) is 0 Å². The first kappa shape index (κ1) is 38.8. The first-order valence-electron chi connectivity index (χ1n) is 14.9. The predicted molar refractivity (Wildman–Crippen MR) is 183 cm³/mol. The van der Waals surface area contributed by atoms with Gasteiger partial charge >= 0.3 is 0 Å². The molecule has 0 unspecified atom stereocenters. The van der Waals surface area contributed by atoms with E-state index < -0.39 is 0 Å². The fourth-order valence-electron chi connectivity index (χ4n) is 3.72. The van der Waals surface area contributed by atoms with Crippen LogP contribution in [0.3, 0.4) is 0 Å². The van der Waals surface area contributed by atoms with Crippen LogP contribution in [0, 0.1) is 5.41 Å². The van der Waals surface area contributed by atoms with Crippen LogP contribution in [-0.4, -0.2) is 56.0 Å². The molecule has 0 radical (unpaired) electrons. The molecule has 0 amide bonds. The number of rotatable bonds is 17. The average Bonchev–Trinajstić information content (AvgIpc) is 3.02. The summed E-state index contributed by atoms with van der Waals surface area (Å²) in [6.45, 7) is 17.9. The second-order valence-electron chi connectivity index (χ2n) is 9.81. The summed E-state index contributed by atoms with van der Waals surface area (Å²) in [6, 6.07) is 18.8. The summed E-state index contributed by atoms with van der Waals surface area (Å²) in [5.41, 5.74) is 4.74. The smallest absolute Gasteiger partial charge is 0.152 e. The van der Waals surface area contributed by atoms with Gasteiger partial charge in [-0.05, 0) is 57.4 Å². The molecule has 0 saturated heterocycles. The first-order valence-corrected chi connectivity index (χ1v) is 14.9. The number of benzene rings is 2. The molecule has 0 heterocycles. The topological polar surface area (TPSA) is 97.3 Å². The number of amidine groups is 1. The van der Waals surface area contributed by atoms with Gasteiger partial charge in [-0.25, -0.2) is 0 Å². The normalized spacial score (nSPS) is 10.6. The standard InChI is InChI=1S/C25H37N5O.C8H10.C3H6O/c1-5-9-21-10-12-23(13-11-21)25(26)30(19-17-27-4)18-8-14-28-15-16-29-24(7-3)22(6-2)20-31;1-2-8-6-4-3-5-7-8;1-3(2)4/h6-7,10-13,15-16,20,26-29H,2-3,5,8-9,14,17-19H2,1,4H3;3-7H,2H2,1H3;1-2H3/b16-15?,24-22-,26-25?;;. The van der Waals surface area contributed by atoms with E-state index in [0.717, 1.165) is 63.7 Å². The zero-order valence-corrected chi connectivity index (χ0v) is 26.9. The lowest BCUT2D eigenvalue weighted by molar-refractivity contribution is -0.115. The van der Waals surface area contributed by atoms with E-state index >= 15 is 0 Å². The van der Waals surface area contributed by atoms with Crippen molar-refractivity contribution in [3.8, 4) is 0 Å². The number of likely N-dealkylation sites (N-methyl/N-ethyl adjacent to an activating group) is 1. The van der Waals surface area contributed by atoms with Gasteiger partial charge < -0.3 is 25.6 Å². The summed E-state index contributed by atoms with van der Waals surface area (Å²) >= 11 is 0. The van der Waals surface area contributed by atoms with Gasteiger partial charge in [-0.15, -0.1) is 0 Å². The van der Waals surface area contributed by atoms with Gasteiger partial charge in [-0.3, -0.25) is 10.2 Å². The van der Waals surface area contributed by atoms with Crippen LogP contribution in [0.4, 0.5) is 0 Å². The third kappa shape index (κ3) is 18.7. The molecule has 0 aliphatic rings. The predicted octanol–water partition coefficient (Wildman–Crippen LogP) is 6.20. The number of nitrogens with zero attached hydrogens (tertiary/aromatic N) is 1. The quantitative estimate of drug-likeness (QED) is 0.0440. The van der Waals surface area contributed by atoms with Crippen LogP contribution in [0.25, 0.3) is 0 Å². The molecule has 43 heavy (non-hydrogen) atoms. The Morgan fingerprint density at radius 2 is 1.56 bits per heavy atom. The Morgan fingerprint density at radius 1 is 0.907 bits per heavy atom. The van der Waals surface area contributed by atoms with Gasteiger partial charge in [0.05, 0.1) is 0 Å². The molecule has 0 saturated carbocycles. The number of aryl methyl sites for hydroxylation is 2. The molecular weight excluding hydrogens is 534 g/mol. The lowest BCUT2D eigenvalue weighted by Crippen LogP contribution is -2.37. The maximum absolute atomic E-state index is 11.0. The van der Waals surface area contributed by atoms with Crippen molar-refractivity contribution >= 4 is 17.9 Å². The largest absolute Gasteiger partial charge is 0.390 e. The molecule has 0 aliphatic heterocycles. The molecule has 2 rings (SSSR count). The zero-order valence-electron chi connectivity index (χ0n) is 26.9. The fraction of sp³-hybridized carbons (Fsp3) is 0.361. The van der Waals surface area contributed by atoms with Gasteiger partial charge in [0, 0.05) is 55.4 Å². The SMILES string of the molecule is C=C/C(C=O)=C(\C=C)NC=CNCCCN(CCNC)C(=N)c1ccc(CCC)cc1.CC(C)=O.CCc1ccccc1. The summed E-state index contributed by atoms with van der Waals surface area (Å²) in [7, 11) is 1.93. The number of ketones is 1. The Hall–Kier alpha value is -4.23. The molecule has 234 valence electrons. The highest BCUT2D eigenvalue weighted by Gasteiger charge is 2.11. The van der Waals surface area contributed by atoms with Gasteiger partial charge in [0.15, 0.2) is 6.29 Å². The Morgan fingerprint density at radius 3 is 2.05 bits per heavy atom. The highest BCUT2D eigenvalue weighted by atomic mass is 16.1. The van der Waals surface area contributed by atoms with E-state index in [4.69, 9.17) is 5.41 Å². The van der Waals surface area contributed by atoms with Crippen molar-refractivity contribution in [2.75, 3.05) is 33.2 Å². The summed E-state index contributed by atoms with van der Waals surface area (Å²) in [4.78, 5) is 22.5. The van der Waals surface area contributed by atoms with Crippen molar-refractivity contribution in [2.45, 2.75) is 53.4 Å². The van der Waals surface area contributed by atoms with Crippen molar-refractivity contribution in [1.82, 2.24) is 20.9 Å². The van der Waals surface area contributed by atoms with Crippen LogP contribution >= 0.6 is 0 Å². The molecule has 4 N–H and O–H groups in total. The Balaban J connectivity index is 0.00000121. The Bertz CT molecular complexity index is 1120. The number of Topliss-reactive ketones (excluding diaryl/α,β-unsaturated/α-hetero) is 1. The third-order valence-electron chi connectivity index (χ3n) is 6.02. The lowest BCUT2D eigenvalue weighted by atomic mass is 10.1. The van der Waals surface area contributed by atoms with Crippen molar-refractivity contribution in [2.24, 2.45) is 0 Å². The molecule has 2 aromatic carbocycles. The molecule has 7 nitrogen and oxygen atoms in total. The number of hydrogen-bond donors (Lipinski definition) is 4. The zero-order chi connectivity index (χ0) is 32.3. The van der Waals surface area contributed by atoms with Crippen LogP contribution < -0.4 is 16.0 Å². The van der Waals surface area contributed by atoms with Crippen LogP contribution in [0.2, 0.25) is 0 Å². The first-order chi connectivity index (χ1) is 20.8. The van der Waals surface area contributed by atoms with Gasteiger partial charge in [-0.2, -0.15) is 0 Å². The number of hydrogen-bond acceptors (Lipinski definition) is 6. The van der Waals surface area contributed by atoms with E-state index in [1.165, 1.54) is 31.1 Å². The summed E-state index contributed by atoms with van der Waals surface area (Å²) in [6.07, 6.45) is 11.6. The van der Waals surface area contributed by atoms with Crippen LogP contribution in [-0.2, 0) is 22.4 Å². The number of aldehydes is 1. The maximum atomic E-state index is 11.0. The molecule has 0 aliphatic carbocycles. The van der Waals surface area contributed by atoms with Crippen LogP contribution in [0.5, 0.6) is 0 Å². The molecule has 0 fully saturated rings. The maximum Gasteiger partial charge on any atom is 0.152 e. The van der Waals surface area contributed by atoms with E-state index in [0.29, 0.717) is 17.1 Å². The minimum atomic E-state index is 0.167. The third-order valence-corrected chi connectivity index (χ3v) is 6.02. The molecule has 7 heteroatoms. The lowest BCUT2D eigenvalue weighted by Gasteiger charge is -2.25. The molecular formula is C36H53N5O2. The highest BCUT2D eigenvalue weighted by molar-refractivity contribution is 5.96. The van der Waals surface area contributed by atoms with Crippen molar-refractivity contribution in [1.29, 1.82) is 5.41 Å². The Kier molecular flexibility index (Phi) is 23.0. The number of carbonyl (C=O) groups is 2. The monoisotopic (exact) mass is 587 g/mol. The highest BCUT2D eigenvalue weighted by Crippen LogP contribution is 2.10. The van der Waals surface area contributed by atoms with E-state index in [2.05, 4.69) is 84.3 Å². The van der Waals surface area contributed by atoms with E-state index in [-0.39, 0.29) is 5.78 Å². The molecule has 2 aromatic rings. The fourth-order valence-corrected chi connectivity index (χ4v) is 3.72. The molecule has 0 bridgehead atoms. The molecule has 0 spiro atoms.